The molecule has 0 radical (unpaired) electrons. The van der Waals surface area contributed by atoms with Crippen molar-refractivity contribution in [3.05, 3.63) is 76.6 Å². The van der Waals surface area contributed by atoms with E-state index in [-0.39, 0.29) is 30.0 Å². The van der Waals surface area contributed by atoms with Gasteiger partial charge in [0.1, 0.15) is 34.6 Å². The predicted molar refractivity (Wildman–Crippen MR) is 123 cm³/mol. The Labute approximate surface area is 198 Å². The maximum Gasteiger partial charge on any atom is 0.261 e. The molecule has 5 rings (SSSR count). The van der Waals surface area contributed by atoms with Crippen LogP contribution in [0.2, 0.25) is 5.02 Å². The van der Waals surface area contributed by atoms with Gasteiger partial charge in [-0.05, 0) is 43.3 Å². The molecule has 34 heavy (non-hydrogen) atoms. The topological polar surface area (TPSA) is 81.9 Å². The van der Waals surface area contributed by atoms with Crippen molar-refractivity contribution >= 4 is 34.4 Å². The van der Waals surface area contributed by atoms with E-state index in [1.807, 2.05) is 0 Å². The number of carbonyl (C=O) groups is 2. The molecule has 0 N–H and O–H groups in total. The number of nitrogens with zero attached hydrogens (tertiary/aromatic N) is 2. The molecule has 7 nitrogen and oxygen atoms in total. The summed E-state index contributed by atoms with van der Waals surface area (Å²) in [5.74, 6) is -0.468. The number of halogens is 2. The van der Waals surface area contributed by atoms with Crippen molar-refractivity contribution in [2.75, 3.05) is 19.8 Å². The van der Waals surface area contributed by atoms with Crippen molar-refractivity contribution in [3.8, 4) is 22.8 Å². The lowest BCUT2D eigenvalue weighted by atomic mass is 10.1. The van der Waals surface area contributed by atoms with Gasteiger partial charge in [-0.15, -0.1) is 0 Å². The van der Waals surface area contributed by atoms with Gasteiger partial charge in [0, 0.05) is 11.6 Å². The van der Waals surface area contributed by atoms with Crippen LogP contribution in [0.3, 0.4) is 0 Å². The van der Waals surface area contributed by atoms with Crippen molar-refractivity contribution in [2.45, 2.75) is 6.92 Å². The molecule has 1 aliphatic rings. The minimum absolute atomic E-state index is 0.0458. The van der Waals surface area contributed by atoms with Crippen LogP contribution in [0.1, 0.15) is 27.6 Å². The minimum atomic E-state index is -0.424. The van der Waals surface area contributed by atoms with Crippen molar-refractivity contribution < 1.29 is 28.0 Å². The molecule has 1 aliphatic heterocycles. The molecule has 2 heterocycles. The molecule has 4 aromatic rings. The van der Waals surface area contributed by atoms with Crippen LogP contribution in [0.5, 0.6) is 11.5 Å². The maximum atomic E-state index is 13.7. The van der Waals surface area contributed by atoms with Gasteiger partial charge in [0.15, 0.2) is 5.58 Å². The quantitative estimate of drug-likeness (QED) is 0.331. The summed E-state index contributed by atoms with van der Waals surface area (Å²) in [6.07, 6.45) is 0. The van der Waals surface area contributed by atoms with E-state index < -0.39 is 5.82 Å². The fraction of sp³-hybridized carbons (Fsp3) is 0.160. The fourth-order valence-electron chi connectivity index (χ4n) is 3.92. The zero-order valence-corrected chi connectivity index (χ0v) is 18.8. The van der Waals surface area contributed by atoms with Gasteiger partial charge in [-0.1, -0.05) is 28.9 Å². The molecule has 0 saturated carbocycles. The second kappa shape index (κ2) is 8.79. The van der Waals surface area contributed by atoms with Crippen LogP contribution in [0.4, 0.5) is 4.39 Å². The molecule has 3 aromatic carbocycles. The number of carbonyl (C=O) groups excluding carboxylic acids is 2. The van der Waals surface area contributed by atoms with Gasteiger partial charge in [-0.2, -0.15) is 0 Å². The summed E-state index contributed by atoms with van der Waals surface area (Å²) in [7, 11) is 0. The van der Waals surface area contributed by atoms with Crippen LogP contribution in [0, 0.1) is 5.82 Å². The second-order valence-corrected chi connectivity index (χ2v) is 7.89. The molecule has 0 spiro atoms. The highest BCUT2D eigenvalue weighted by atomic mass is 35.5. The van der Waals surface area contributed by atoms with Gasteiger partial charge in [-0.3, -0.25) is 14.5 Å². The molecule has 0 atom stereocenters. The van der Waals surface area contributed by atoms with Crippen LogP contribution in [0.25, 0.3) is 22.2 Å². The van der Waals surface area contributed by atoms with Crippen LogP contribution in [-0.4, -0.2) is 41.6 Å². The summed E-state index contributed by atoms with van der Waals surface area (Å²) in [5.41, 5.74) is 2.08. The Morgan fingerprint density at radius 2 is 1.71 bits per heavy atom. The van der Waals surface area contributed by atoms with E-state index in [1.54, 1.807) is 49.4 Å². The van der Waals surface area contributed by atoms with Crippen molar-refractivity contribution in [1.29, 1.82) is 0 Å². The predicted octanol–water partition coefficient (Wildman–Crippen LogP) is 5.36. The lowest BCUT2D eigenvalue weighted by Gasteiger charge is -2.15. The first kappa shape index (κ1) is 21.9. The molecule has 0 aliphatic carbocycles. The first-order valence-corrected chi connectivity index (χ1v) is 11.0. The van der Waals surface area contributed by atoms with E-state index in [1.165, 1.54) is 12.1 Å². The second-order valence-electron chi connectivity index (χ2n) is 7.52. The van der Waals surface area contributed by atoms with E-state index >= 15 is 0 Å². The summed E-state index contributed by atoms with van der Waals surface area (Å²) in [5, 5.41) is 4.91. The molecule has 1 aromatic heterocycles. The number of hydrogen-bond acceptors (Lipinski definition) is 6. The fourth-order valence-corrected chi connectivity index (χ4v) is 4.17. The van der Waals surface area contributed by atoms with Gasteiger partial charge in [0.2, 0.25) is 0 Å². The Morgan fingerprint density at radius 1 is 0.971 bits per heavy atom. The zero-order chi connectivity index (χ0) is 23.8. The molecule has 2 amide bonds. The molecule has 0 unspecified atom stereocenters. The highest BCUT2D eigenvalue weighted by molar-refractivity contribution is 6.36. The number of ether oxygens (including phenoxy) is 2. The molecule has 0 fully saturated rings. The summed E-state index contributed by atoms with van der Waals surface area (Å²) in [6.45, 7) is 2.27. The summed E-state index contributed by atoms with van der Waals surface area (Å²) >= 11 is 6.50. The van der Waals surface area contributed by atoms with Gasteiger partial charge >= 0.3 is 0 Å². The molecule has 0 bridgehead atoms. The Morgan fingerprint density at radius 3 is 2.41 bits per heavy atom. The van der Waals surface area contributed by atoms with Crippen LogP contribution in [-0.2, 0) is 0 Å². The number of benzene rings is 3. The SMILES string of the molecule is CCOc1cc(F)ccc1-c1noc2c(Cl)c(OCCN3C(=O)c4ccccc4C3=O)ccc12. The average Bonchev–Trinajstić information content (AvgIpc) is 3.37. The highest BCUT2D eigenvalue weighted by Gasteiger charge is 2.34. The molecule has 0 saturated heterocycles. The lowest BCUT2D eigenvalue weighted by molar-refractivity contribution is 0.0631. The van der Waals surface area contributed by atoms with Crippen molar-refractivity contribution in [2.24, 2.45) is 0 Å². The lowest BCUT2D eigenvalue weighted by Crippen LogP contribution is -2.33. The van der Waals surface area contributed by atoms with Crippen molar-refractivity contribution in [3.63, 3.8) is 0 Å². The Balaban J connectivity index is 1.35. The van der Waals surface area contributed by atoms with E-state index in [2.05, 4.69) is 5.16 Å². The zero-order valence-electron chi connectivity index (χ0n) is 18.0. The molecule has 172 valence electrons. The van der Waals surface area contributed by atoms with Crippen LogP contribution < -0.4 is 9.47 Å². The van der Waals surface area contributed by atoms with Gasteiger partial charge in [0.05, 0.1) is 29.7 Å². The van der Waals surface area contributed by atoms with Crippen molar-refractivity contribution in [1.82, 2.24) is 10.1 Å². The van der Waals surface area contributed by atoms with Crippen LogP contribution in [0.15, 0.2) is 59.1 Å². The number of rotatable bonds is 7. The molecular formula is C25H18ClFN2O5. The third kappa shape index (κ3) is 3.66. The maximum absolute atomic E-state index is 13.7. The Bertz CT molecular complexity index is 1400. The Hall–Kier alpha value is -3.91. The number of fused-ring (bicyclic) bond motifs is 2. The van der Waals surface area contributed by atoms with E-state index in [9.17, 15) is 14.0 Å². The van der Waals surface area contributed by atoms with Gasteiger partial charge in [-0.25, -0.2) is 4.39 Å². The van der Waals surface area contributed by atoms with Crippen LogP contribution >= 0.6 is 11.6 Å². The normalized spacial score (nSPS) is 13.0. The molecular weight excluding hydrogens is 463 g/mol. The average molecular weight is 481 g/mol. The van der Waals surface area contributed by atoms with E-state index in [0.717, 1.165) is 4.90 Å². The summed E-state index contributed by atoms with van der Waals surface area (Å²) in [6, 6.07) is 14.2. The largest absolute Gasteiger partial charge is 0.493 e. The first-order valence-electron chi connectivity index (χ1n) is 10.6. The van der Waals surface area contributed by atoms with Gasteiger partial charge < -0.3 is 14.0 Å². The third-order valence-electron chi connectivity index (χ3n) is 5.49. The first-order chi connectivity index (χ1) is 16.5. The van der Waals surface area contributed by atoms with Gasteiger partial charge in [0.25, 0.3) is 11.8 Å². The number of imide groups is 1. The monoisotopic (exact) mass is 480 g/mol. The van der Waals surface area contributed by atoms with E-state index in [4.69, 9.17) is 25.6 Å². The minimum Gasteiger partial charge on any atom is -0.493 e. The smallest absolute Gasteiger partial charge is 0.261 e. The Kier molecular flexibility index (Phi) is 5.67. The third-order valence-corrected chi connectivity index (χ3v) is 5.85. The number of amides is 2. The summed E-state index contributed by atoms with van der Waals surface area (Å²) < 4.78 is 30.5. The number of aromatic nitrogens is 1. The number of hydrogen-bond donors (Lipinski definition) is 0. The van der Waals surface area contributed by atoms with E-state index in [0.29, 0.717) is 51.5 Å². The molecule has 9 heteroatoms. The standard InChI is InChI=1S/C25H18ClFN2O5/c1-2-32-20-13-14(27)7-8-17(20)22-18-9-10-19(21(26)23(18)34-28-22)33-12-11-29-24(30)15-5-3-4-6-16(15)25(29)31/h3-10,13H,2,11-12H2,1H3. The highest BCUT2D eigenvalue weighted by Crippen LogP contribution is 2.40. The summed E-state index contributed by atoms with van der Waals surface area (Å²) in [4.78, 5) is 26.1.